The molecule has 2 heterocycles. The average molecular weight is 1180 g/mol. The van der Waals surface area contributed by atoms with Crippen LogP contribution in [-0.4, -0.2) is 140 Å². The van der Waals surface area contributed by atoms with Crippen LogP contribution in [0, 0.1) is 0 Å². The van der Waals surface area contributed by atoms with Crippen LogP contribution in [0.25, 0.3) is 0 Å². The summed E-state index contributed by atoms with van der Waals surface area (Å²) in [6.07, 6.45) is 52.1. The van der Waals surface area contributed by atoms with Gasteiger partial charge in [0.05, 0.1) is 32.0 Å². The fourth-order valence-corrected chi connectivity index (χ4v) is 11.5. The molecule has 0 saturated carbocycles. The van der Waals surface area contributed by atoms with Crippen LogP contribution in [0.4, 0.5) is 0 Å². The third-order valence-electron chi connectivity index (χ3n) is 17.1. The summed E-state index contributed by atoms with van der Waals surface area (Å²) in [4.78, 5) is 13.3. The Labute approximate surface area is 506 Å². The number of rotatable bonds is 57. The Morgan fingerprint density at radius 3 is 1.22 bits per heavy atom. The van der Waals surface area contributed by atoms with E-state index in [-0.39, 0.29) is 18.9 Å². The number of aliphatic hydroxyl groups excluding tert-OH is 8. The molecule has 2 fully saturated rings. The quantitative estimate of drug-likeness (QED) is 0.0204. The van der Waals surface area contributed by atoms with Gasteiger partial charge in [-0.3, -0.25) is 4.79 Å². The lowest BCUT2D eigenvalue weighted by molar-refractivity contribution is -0.359. The first kappa shape index (κ1) is 77.3. The third kappa shape index (κ3) is 39.0. The molecule has 2 saturated heterocycles. The van der Waals surface area contributed by atoms with E-state index in [1.54, 1.807) is 6.08 Å². The van der Waals surface area contributed by atoms with E-state index in [1.807, 2.05) is 6.08 Å². The molecule has 0 spiro atoms. The number of nitrogens with one attached hydrogen (secondary N) is 1. The summed E-state index contributed by atoms with van der Waals surface area (Å²) < 4.78 is 22.8. The lowest BCUT2D eigenvalue weighted by atomic mass is 9.97. The van der Waals surface area contributed by atoms with Gasteiger partial charge in [0.2, 0.25) is 5.91 Å². The highest BCUT2D eigenvalue weighted by Gasteiger charge is 2.51. The molecule has 83 heavy (non-hydrogen) atoms. The zero-order chi connectivity index (χ0) is 60.2. The predicted molar refractivity (Wildman–Crippen MR) is 337 cm³/mol. The maximum absolute atomic E-state index is 13.3. The average Bonchev–Trinajstić information content (AvgIpc) is 3.65. The van der Waals surface area contributed by atoms with Crippen molar-refractivity contribution in [1.29, 1.82) is 0 Å². The molecule has 14 nitrogen and oxygen atoms in total. The Bertz CT molecular complexity index is 1530. The molecule has 0 aromatic carbocycles. The first-order valence-electron chi connectivity index (χ1n) is 34.7. The van der Waals surface area contributed by atoms with Crippen molar-refractivity contribution in [3.63, 3.8) is 0 Å². The van der Waals surface area contributed by atoms with Crippen molar-refractivity contribution in [2.24, 2.45) is 0 Å². The van der Waals surface area contributed by atoms with Gasteiger partial charge in [-0.15, -0.1) is 0 Å². The number of hydrogen-bond donors (Lipinski definition) is 9. The molecule has 0 aromatic rings. The number of hydrogen-bond acceptors (Lipinski definition) is 13. The number of allylic oxidation sites excluding steroid dienone is 5. The fraction of sp³-hybridized carbons (Fsp3) is 0.899. The van der Waals surface area contributed by atoms with Gasteiger partial charge in [-0.25, -0.2) is 0 Å². The Morgan fingerprint density at radius 2 is 0.795 bits per heavy atom. The van der Waals surface area contributed by atoms with E-state index in [0.717, 1.165) is 64.2 Å². The van der Waals surface area contributed by atoms with Crippen LogP contribution < -0.4 is 5.32 Å². The second-order valence-electron chi connectivity index (χ2n) is 24.7. The maximum Gasteiger partial charge on any atom is 0.220 e. The largest absolute Gasteiger partial charge is 0.394 e. The van der Waals surface area contributed by atoms with Crippen LogP contribution in [0.3, 0.4) is 0 Å². The van der Waals surface area contributed by atoms with E-state index in [0.29, 0.717) is 6.42 Å². The molecule has 2 rings (SSSR count). The molecule has 0 radical (unpaired) electrons. The number of carbonyl (C=O) groups excluding carboxylic acids is 1. The van der Waals surface area contributed by atoms with Crippen LogP contribution in [0.15, 0.2) is 36.5 Å². The molecule has 1 amide bonds. The van der Waals surface area contributed by atoms with E-state index >= 15 is 0 Å². The molecule has 488 valence electrons. The first-order valence-corrected chi connectivity index (χ1v) is 34.7. The van der Waals surface area contributed by atoms with Crippen molar-refractivity contribution < 1.29 is 64.6 Å². The number of aliphatic hydroxyl groups is 8. The van der Waals surface area contributed by atoms with E-state index in [9.17, 15) is 45.6 Å². The van der Waals surface area contributed by atoms with Gasteiger partial charge in [-0.05, 0) is 51.4 Å². The van der Waals surface area contributed by atoms with Crippen molar-refractivity contribution in [3.05, 3.63) is 36.5 Å². The number of carbonyl (C=O) groups is 1. The van der Waals surface area contributed by atoms with Gasteiger partial charge >= 0.3 is 0 Å². The van der Waals surface area contributed by atoms with Crippen LogP contribution in [0.2, 0.25) is 0 Å². The minimum absolute atomic E-state index is 0.250. The second kappa shape index (κ2) is 54.4. The molecule has 9 N–H and O–H groups in total. The number of ether oxygens (including phenoxy) is 4. The maximum atomic E-state index is 13.3. The van der Waals surface area contributed by atoms with Crippen LogP contribution in [0.5, 0.6) is 0 Å². The fourth-order valence-electron chi connectivity index (χ4n) is 11.5. The highest BCUT2D eigenvalue weighted by molar-refractivity contribution is 5.76. The van der Waals surface area contributed by atoms with E-state index in [2.05, 4.69) is 43.5 Å². The topological polar surface area (TPSA) is 228 Å². The van der Waals surface area contributed by atoms with E-state index in [1.165, 1.54) is 212 Å². The van der Waals surface area contributed by atoms with Crippen molar-refractivity contribution >= 4 is 5.91 Å². The van der Waals surface area contributed by atoms with Gasteiger partial charge in [-0.1, -0.05) is 281 Å². The standard InChI is InChI=1S/C69H129NO13/c1-3-5-7-9-11-13-15-17-19-21-22-23-24-25-26-27-28-29-30-31-32-33-34-35-36-37-38-40-42-44-46-48-50-52-58(73)57(70-61(74)53-51-49-47-45-43-41-39-20-18-16-14-12-10-8-6-4-2)56-80-68-66(79)64(77)67(60(55-72)82-68)83-69-65(78)63(76)62(75)59(54-71)81-69/h14,16,20,39,50,52,57-60,62-69,71-73,75-79H,3-13,15,17-19,21-38,40-49,51,53-56H2,1-2H3,(H,70,74)/b16-14-,39-20-,52-50+. The molecule has 12 unspecified atom stereocenters. The monoisotopic (exact) mass is 1180 g/mol. The second-order valence-corrected chi connectivity index (χ2v) is 24.7. The third-order valence-corrected chi connectivity index (χ3v) is 17.1. The predicted octanol–water partition coefficient (Wildman–Crippen LogP) is 13.7. The molecular weight excluding hydrogens is 1050 g/mol. The van der Waals surface area contributed by atoms with Crippen molar-refractivity contribution in [2.75, 3.05) is 19.8 Å². The van der Waals surface area contributed by atoms with Gasteiger partial charge in [0, 0.05) is 6.42 Å². The molecule has 0 aromatic heterocycles. The normalized spacial score (nSPS) is 24.0. The van der Waals surface area contributed by atoms with Gasteiger partial charge < -0.3 is 65.1 Å². The number of amides is 1. The van der Waals surface area contributed by atoms with Gasteiger partial charge in [0.25, 0.3) is 0 Å². The summed E-state index contributed by atoms with van der Waals surface area (Å²) in [5, 5.41) is 87.3. The van der Waals surface area contributed by atoms with E-state index < -0.39 is 86.8 Å². The highest BCUT2D eigenvalue weighted by atomic mass is 16.7. The summed E-state index contributed by atoms with van der Waals surface area (Å²) >= 11 is 0. The Morgan fingerprint density at radius 1 is 0.434 bits per heavy atom. The highest BCUT2D eigenvalue weighted by Crippen LogP contribution is 2.30. The van der Waals surface area contributed by atoms with Gasteiger partial charge in [-0.2, -0.15) is 0 Å². The lowest BCUT2D eigenvalue weighted by Gasteiger charge is -2.46. The summed E-state index contributed by atoms with van der Waals surface area (Å²) in [6, 6.07) is -0.923. The molecule has 2 aliphatic rings. The minimum Gasteiger partial charge on any atom is -0.394 e. The smallest absolute Gasteiger partial charge is 0.220 e. The molecular formula is C69H129NO13. The first-order chi connectivity index (χ1) is 40.6. The van der Waals surface area contributed by atoms with Crippen LogP contribution >= 0.6 is 0 Å². The summed E-state index contributed by atoms with van der Waals surface area (Å²) in [6.45, 7) is 2.80. The summed E-state index contributed by atoms with van der Waals surface area (Å²) in [7, 11) is 0. The van der Waals surface area contributed by atoms with Crippen molar-refractivity contribution in [1.82, 2.24) is 5.32 Å². The Balaban J connectivity index is 1.65. The van der Waals surface area contributed by atoms with Crippen molar-refractivity contribution in [3.8, 4) is 0 Å². The Hall–Kier alpha value is -1.79. The zero-order valence-electron chi connectivity index (χ0n) is 53.0. The summed E-state index contributed by atoms with van der Waals surface area (Å²) in [5.74, 6) is -0.250. The number of unbranched alkanes of at least 4 members (excludes halogenated alkanes) is 40. The molecule has 14 heteroatoms. The lowest BCUT2D eigenvalue weighted by Crippen LogP contribution is -2.65. The molecule has 2 aliphatic heterocycles. The molecule has 12 atom stereocenters. The van der Waals surface area contributed by atoms with E-state index in [4.69, 9.17) is 18.9 Å². The van der Waals surface area contributed by atoms with Crippen molar-refractivity contribution in [2.45, 2.75) is 376 Å². The molecule has 0 bridgehead atoms. The Kier molecular flexibility index (Phi) is 50.6. The minimum atomic E-state index is -1.79. The SMILES string of the molecule is CCCCCC/C=C\C/C=C\CCCCCCCC(=O)NC(COC1OC(CO)C(OC2OC(CO)C(O)C(O)C2O)C(O)C1O)C(O)/C=C/CCCCCCCCCCCCCCCCCCCCCCCCCCCCCCCCC. The van der Waals surface area contributed by atoms with Gasteiger partial charge in [0.15, 0.2) is 12.6 Å². The van der Waals surface area contributed by atoms with Gasteiger partial charge in [0.1, 0.15) is 48.8 Å². The van der Waals surface area contributed by atoms with Crippen LogP contribution in [-0.2, 0) is 23.7 Å². The molecule has 0 aliphatic carbocycles. The zero-order valence-corrected chi connectivity index (χ0v) is 53.0. The summed E-state index contributed by atoms with van der Waals surface area (Å²) in [5.41, 5.74) is 0. The van der Waals surface area contributed by atoms with Crippen LogP contribution in [0.1, 0.15) is 303 Å².